The Balaban J connectivity index is 1.92. The van der Waals surface area contributed by atoms with Crippen LogP contribution in [0.25, 0.3) is 0 Å². The number of likely N-dealkylation sites (tertiary alicyclic amines) is 1. The van der Waals surface area contributed by atoms with E-state index in [1.54, 1.807) is 0 Å². The van der Waals surface area contributed by atoms with E-state index in [1.165, 1.54) is 0 Å². The maximum Gasteiger partial charge on any atom is 0.226 e. The van der Waals surface area contributed by atoms with Gasteiger partial charge in [0, 0.05) is 30.8 Å². The van der Waals surface area contributed by atoms with Gasteiger partial charge in [0.1, 0.15) is 0 Å². The molecule has 0 saturated carbocycles. The lowest BCUT2D eigenvalue weighted by molar-refractivity contribution is -0.133. The first kappa shape index (κ1) is 10.3. The highest BCUT2D eigenvalue weighted by molar-refractivity contribution is 7.99. The lowest BCUT2D eigenvalue weighted by atomic mass is 10.1. The Morgan fingerprint density at radius 3 is 2.79 bits per heavy atom. The summed E-state index contributed by atoms with van der Waals surface area (Å²) < 4.78 is 0. The van der Waals surface area contributed by atoms with Crippen LogP contribution < -0.4 is 5.73 Å². The Morgan fingerprint density at radius 1 is 1.50 bits per heavy atom. The quantitative estimate of drug-likeness (QED) is 0.693. The molecule has 0 aromatic rings. The molecule has 2 saturated heterocycles. The number of nitrogens with zero attached hydrogens (tertiary/aromatic N) is 1. The molecule has 0 radical (unpaired) electrons. The zero-order chi connectivity index (χ0) is 10.1. The van der Waals surface area contributed by atoms with E-state index in [1.807, 2.05) is 16.7 Å². The summed E-state index contributed by atoms with van der Waals surface area (Å²) in [6.07, 6.45) is 1.06. The third kappa shape index (κ3) is 1.91. The van der Waals surface area contributed by atoms with Gasteiger partial charge in [0.25, 0.3) is 0 Å². The minimum atomic E-state index is 0.188. The molecule has 4 heteroatoms. The predicted octanol–water partition coefficient (Wildman–Crippen LogP) is 0.545. The molecule has 0 aromatic heterocycles. The number of thioether (sulfide) groups is 1. The van der Waals surface area contributed by atoms with E-state index in [9.17, 15) is 4.79 Å². The fraction of sp³-hybridized carbons (Fsp3) is 0.900. The van der Waals surface area contributed by atoms with Crippen LogP contribution in [0.15, 0.2) is 0 Å². The Labute approximate surface area is 89.4 Å². The number of hydrogen-bond donors (Lipinski definition) is 1. The smallest absolute Gasteiger partial charge is 0.226 e. The van der Waals surface area contributed by atoms with Crippen molar-refractivity contribution in [3.05, 3.63) is 0 Å². The minimum Gasteiger partial charge on any atom is -0.341 e. The average molecular weight is 214 g/mol. The van der Waals surface area contributed by atoms with Crippen molar-refractivity contribution in [3.63, 3.8) is 0 Å². The standard InChI is InChI=1S/C10H18N2OS/c1-7-4-12(5-9(7)11)10(13)8-2-3-14-6-8/h7-9H,2-6,11H2,1H3. The van der Waals surface area contributed by atoms with E-state index in [2.05, 4.69) is 6.92 Å². The maximum atomic E-state index is 12.0. The Hall–Kier alpha value is -0.220. The second kappa shape index (κ2) is 4.11. The van der Waals surface area contributed by atoms with E-state index in [0.29, 0.717) is 11.8 Å². The SMILES string of the molecule is CC1CN(C(=O)C2CCSC2)CC1N. The first-order valence-corrected chi connectivity index (χ1v) is 6.46. The summed E-state index contributed by atoms with van der Waals surface area (Å²) in [5.41, 5.74) is 5.91. The lowest BCUT2D eigenvalue weighted by Gasteiger charge is -2.19. The topological polar surface area (TPSA) is 46.3 Å². The molecule has 3 atom stereocenters. The van der Waals surface area contributed by atoms with Crippen LogP contribution in [0.4, 0.5) is 0 Å². The summed E-state index contributed by atoms with van der Waals surface area (Å²) in [4.78, 5) is 14.0. The molecule has 3 unspecified atom stereocenters. The van der Waals surface area contributed by atoms with Crippen LogP contribution >= 0.6 is 11.8 Å². The molecule has 2 aliphatic heterocycles. The van der Waals surface area contributed by atoms with Gasteiger partial charge in [0.05, 0.1) is 0 Å². The molecule has 80 valence electrons. The normalized spacial score (nSPS) is 37.9. The molecule has 3 nitrogen and oxygen atoms in total. The van der Waals surface area contributed by atoms with Crippen molar-refractivity contribution in [1.29, 1.82) is 0 Å². The van der Waals surface area contributed by atoms with Crippen LogP contribution in [0, 0.1) is 11.8 Å². The van der Waals surface area contributed by atoms with Gasteiger partial charge in [-0.3, -0.25) is 4.79 Å². The second-order valence-electron chi connectivity index (χ2n) is 4.44. The third-order valence-corrected chi connectivity index (χ3v) is 4.42. The largest absolute Gasteiger partial charge is 0.341 e. The van der Waals surface area contributed by atoms with Crippen molar-refractivity contribution < 1.29 is 4.79 Å². The van der Waals surface area contributed by atoms with Crippen LogP contribution in [-0.4, -0.2) is 41.4 Å². The van der Waals surface area contributed by atoms with E-state index in [4.69, 9.17) is 5.73 Å². The maximum absolute atomic E-state index is 12.0. The summed E-state index contributed by atoms with van der Waals surface area (Å²) in [5, 5.41) is 0. The zero-order valence-electron chi connectivity index (χ0n) is 8.61. The molecule has 2 N–H and O–H groups in total. The van der Waals surface area contributed by atoms with E-state index in [-0.39, 0.29) is 12.0 Å². The number of amides is 1. The van der Waals surface area contributed by atoms with Gasteiger partial charge in [0.2, 0.25) is 5.91 Å². The van der Waals surface area contributed by atoms with Crippen molar-refractivity contribution in [2.24, 2.45) is 17.6 Å². The molecular formula is C10H18N2OS. The molecule has 2 heterocycles. The van der Waals surface area contributed by atoms with Crippen molar-refractivity contribution in [3.8, 4) is 0 Å². The van der Waals surface area contributed by atoms with Crippen LogP contribution in [0.1, 0.15) is 13.3 Å². The monoisotopic (exact) mass is 214 g/mol. The molecular weight excluding hydrogens is 196 g/mol. The van der Waals surface area contributed by atoms with Crippen molar-refractivity contribution >= 4 is 17.7 Å². The minimum absolute atomic E-state index is 0.188. The van der Waals surface area contributed by atoms with Gasteiger partial charge in [-0.15, -0.1) is 0 Å². The van der Waals surface area contributed by atoms with E-state index in [0.717, 1.165) is 31.0 Å². The third-order valence-electron chi connectivity index (χ3n) is 3.26. The summed E-state index contributed by atoms with van der Waals surface area (Å²) in [6, 6.07) is 0.188. The van der Waals surface area contributed by atoms with Gasteiger partial charge in [-0.05, 0) is 18.1 Å². The molecule has 14 heavy (non-hydrogen) atoms. The van der Waals surface area contributed by atoms with Gasteiger partial charge in [-0.1, -0.05) is 6.92 Å². The van der Waals surface area contributed by atoms with Crippen molar-refractivity contribution in [2.45, 2.75) is 19.4 Å². The number of carbonyl (C=O) groups excluding carboxylic acids is 1. The van der Waals surface area contributed by atoms with E-state index >= 15 is 0 Å². The highest BCUT2D eigenvalue weighted by Gasteiger charge is 2.34. The summed E-state index contributed by atoms with van der Waals surface area (Å²) in [7, 11) is 0. The second-order valence-corrected chi connectivity index (χ2v) is 5.59. The van der Waals surface area contributed by atoms with Crippen LogP contribution in [0.3, 0.4) is 0 Å². The summed E-state index contributed by atoms with van der Waals surface area (Å²) >= 11 is 1.89. The Bertz CT molecular complexity index is 218. The van der Waals surface area contributed by atoms with E-state index < -0.39 is 0 Å². The highest BCUT2D eigenvalue weighted by Crippen LogP contribution is 2.27. The zero-order valence-corrected chi connectivity index (χ0v) is 9.43. The lowest BCUT2D eigenvalue weighted by Crippen LogP contribution is -2.36. The predicted molar refractivity (Wildman–Crippen MR) is 59.2 cm³/mol. The number of rotatable bonds is 1. The fourth-order valence-electron chi connectivity index (χ4n) is 2.16. The van der Waals surface area contributed by atoms with Gasteiger partial charge < -0.3 is 10.6 Å². The first-order chi connectivity index (χ1) is 6.68. The molecule has 2 aliphatic rings. The first-order valence-electron chi connectivity index (χ1n) is 5.30. The van der Waals surface area contributed by atoms with Crippen LogP contribution in [0.2, 0.25) is 0 Å². The molecule has 2 rings (SSSR count). The molecule has 0 bridgehead atoms. The van der Waals surface area contributed by atoms with Crippen molar-refractivity contribution in [1.82, 2.24) is 4.90 Å². The number of hydrogen-bond acceptors (Lipinski definition) is 3. The van der Waals surface area contributed by atoms with Crippen LogP contribution in [0.5, 0.6) is 0 Å². The summed E-state index contributed by atoms with van der Waals surface area (Å²) in [5.74, 6) is 3.24. The van der Waals surface area contributed by atoms with Crippen LogP contribution in [-0.2, 0) is 4.79 Å². The van der Waals surface area contributed by atoms with Gasteiger partial charge in [0.15, 0.2) is 0 Å². The molecule has 2 fully saturated rings. The Kier molecular flexibility index (Phi) is 3.02. The molecule has 1 amide bonds. The van der Waals surface area contributed by atoms with Gasteiger partial charge >= 0.3 is 0 Å². The molecule has 0 spiro atoms. The molecule has 0 aromatic carbocycles. The number of carbonyl (C=O) groups is 1. The number of nitrogens with two attached hydrogens (primary N) is 1. The summed E-state index contributed by atoms with van der Waals surface area (Å²) in [6.45, 7) is 3.75. The molecule has 0 aliphatic carbocycles. The fourth-order valence-corrected chi connectivity index (χ4v) is 3.37. The van der Waals surface area contributed by atoms with Crippen molar-refractivity contribution in [2.75, 3.05) is 24.6 Å². The Morgan fingerprint density at radius 2 is 2.29 bits per heavy atom. The average Bonchev–Trinajstić information content (AvgIpc) is 2.76. The van der Waals surface area contributed by atoms with Gasteiger partial charge in [-0.25, -0.2) is 0 Å². The van der Waals surface area contributed by atoms with Gasteiger partial charge in [-0.2, -0.15) is 11.8 Å². The highest BCUT2D eigenvalue weighted by atomic mass is 32.2.